The second kappa shape index (κ2) is 17.6. The molecule has 244 valence electrons. The molecule has 0 aromatic rings. The number of carbonyl (C=O) groups excluding carboxylic acids is 2. The molecule has 2 saturated heterocycles. The largest absolute Gasteiger partial charge is 0.464 e. The van der Waals surface area contributed by atoms with Gasteiger partial charge in [-0.3, -0.25) is 0 Å². The van der Waals surface area contributed by atoms with E-state index in [9.17, 15) is 19.8 Å². The second-order valence-electron chi connectivity index (χ2n) is 12.5. The minimum atomic E-state index is -1.24. The highest BCUT2D eigenvalue weighted by molar-refractivity contribution is 5.82. The predicted octanol–water partition coefficient (Wildman–Crippen LogP) is 5.71. The maximum Gasteiger partial charge on any atom is 0.335 e. The minimum absolute atomic E-state index is 0.0567. The van der Waals surface area contributed by atoms with Crippen LogP contribution in [-0.4, -0.2) is 72.0 Å². The lowest BCUT2D eigenvalue weighted by molar-refractivity contribution is -0.198. The van der Waals surface area contributed by atoms with Crippen LogP contribution in [0, 0.1) is 17.3 Å². The monoisotopic (exact) mass is 612 g/mol. The van der Waals surface area contributed by atoms with Crippen molar-refractivity contribution in [3.05, 3.63) is 72.4 Å². The van der Waals surface area contributed by atoms with Gasteiger partial charge in [0.05, 0.1) is 43.0 Å². The molecular formula is C36H52O8. The van der Waals surface area contributed by atoms with Crippen LogP contribution in [0.25, 0.3) is 0 Å². The van der Waals surface area contributed by atoms with Crippen molar-refractivity contribution >= 4 is 11.9 Å². The number of hydrogen-bond donors (Lipinski definition) is 2. The van der Waals surface area contributed by atoms with E-state index in [4.69, 9.17) is 18.9 Å². The van der Waals surface area contributed by atoms with Gasteiger partial charge in [0.2, 0.25) is 0 Å². The first-order valence-corrected chi connectivity index (χ1v) is 16.0. The molecule has 1 unspecified atom stereocenters. The van der Waals surface area contributed by atoms with Gasteiger partial charge in [-0.25, -0.2) is 9.59 Å². The van der Waals surface area contributed by atoms with Crippen molar-refractivity contribution in [3.8, 4) is 0 Å². The molecule has 3 aliphatic heterocycles. The van der Waals surface area contributed by atoms with Gasteiger partial charge in [0.15, 0.2) is 6.10 Å². The van der Waals surface area contributed by atoms with Crippen molar-refractivity contribution in [2.45, 2.75) is 110 Å². The lowest BCUT2D eigenvalue weighted by Crippen LogP contribution is -2.55. The summed E-state index contributed by atoms with van der Waals surface area (Å²) >= 11 is 0. The van der Waals surface area contributed by atoms with Crippen LogP contribution < -0.4 is 0 Å². The maximum absolute atomic E-state index is 12.9. The van der Waals surface area contributed by atoms with Gasteiger partial charge in [0.25, 0.3) is 0 Å². The van der Waals surface area contributed by atoms with Crippen LogP contribution in [0.5, 0.6) is 0 Å². The molecule has 3 aliphatic rings. The Morgan fingerprint density at radius 2 is 1.93 bits per heavy atom. The quantitative estimate of drug-likeness (QED) is 0.278. The number of fused-ring (bicyclic) bond motifs is 4. The number of hydrogen-bond acceptors (Lipinski definition) is 8. The zero-order chi connectivity index (χ0) is 32.1. The fourth-order valence-electron chi connectivity index (χ4n) is 5.92. The Balaban J connectivity index is 1.80. The lowest BCUT2D eigenvalue weighted by atomic mass is 9.73. The first-order chi connectivity index (χ1) is 21.1. The Bertz CT molecular complexity index is 1120. The zero-order valence-corrected chi connectivity index (χ0v) is 27.0. The molecule has 3 heterocycles. The smallest absolute Gasteiger partial charge is 0.335 e. The van der Waals surface area contributed by atoms with Gasteiger partial charge >= 0.3 is 11.9 Å². The van der Waals surface area contributed by atoms with Crippen molar-refractivity contribution in [1.82, 2.24) is 0 Å². The van der Waals surface area contributed by atoms with Gasteiger partial charge in [-0.15, -0.1) is 0 Å². The third kappa shape index (κ3) is 10.4. The molecule has 0 saturated carbocycles. The Hall–Kier alpha value is -2.78. The van der Waals surface area contributed by atoms with Crippen LogP contribution in [0.2, 0.25) is 0 Å². The van der Waals surface area contributed by atoms with E-state index in [1.807, 2.05) is 37.3 Å². The lowest BCUT2D eigenvalue weighted by Gasteiger charge is -2.47. The average Bonchev–Trinajstić information content (AvgIpc) is 2.98. The maximum atomic E-state index is 12.9. The summed E-state index contributed by atoms with van der Waals surface area (Å²) in [7, 11) is 0. The Labute approximate surface area is 263 Å². The minimum Gasteiger partial charge on any atom is -0.464 e. The summed E-state index contributed by atoms with van der Waals surface area (Å²) in [5.74, 6) is -0.173. The molecule has 0 aliphatic carbocycles. The molecule has 0 spiro atoms. The van der Waals surface area contributed by atoms with E-state index in [0.717, 1.165) is 18.4 Å². The summed E-state index contributed by atoms with van der Waals surface area (Å²) in [5.41, 5.74) is 0.297. The number of rotatable bonds is 7. The van der Waals surface area contributed by atoms with Crippen LogP contribution in [0.1, 0.15) is 73.1 Å². The molecule has 0 aromatic heterocycles. The van der Waals surface area contributed by atoms with Crippen LogP contribution in [0.4, 0.5) is 0 Å². The number of aliphatic hydroxyl groups excluding tert-OH is 2. The summed E-state index contributed by atoms with van der Waals surface area (Å²) in [6.45, 7) is 10.1. The summed E-state index contributed by atoms with van der Waals surface area (Å²) in [4.78, 5) is 24.6. The standard InChI is InChI=1S/C36H52O8/c1-6-41-35(40)30(38)18-13-14-19-32-36(5,24-37)33-23-29(43-32)17-10-7-9-15-25(2)21-31-27(4)26(3)22-28(42-31)16-11-8-12-20-34(39)44-33/h8-15,17,20-21,26-33,37-38H,6-7,16,18-19,22-24H2,1-5H3/b11-8+,14-13-,15-9+,17-10+,20-12+,25-21-/t26-,27+,28-,29+,30?,31+,32-,33+,36-/m0/s1. The van der Waals surface area contributed by atoms with E-state index in [2.05, 4.69) is 39.0 Å². The highest BCUT2D eigenvalue weighted by Gasteiger charge is 2.49. The van der Waals surface area contributed by atoms with E-state index in [1.165, 1.54) is 6.08 Å². The van der Waals surface area contributed by atoms with E-state index in [0.29, 0.717) is 31.1 Å². The summed E-state index contributed by atoms with van der Waals surface area (Å²) in [6, 6.07) is 0. The average molecular weight is 613 g/mol. The molecule has 0 amide bonds. The first-order valence-electron chi connectivity index (χ1n) is 16.0. The third-order valence-electron chi connectivity index (χ3n) is 9.00. The van der Waals surface area contributed by atoms with E-state index < -0.39 is 35.7 Å². The van der Waals surface area contributed by atoms with Crippen molar-refractivity contribution < 1.29 is 38.7 Å². The summed E-state index contributed by atoms with van der Waals surface area (Å²) in [6.07, 6.45) is 21.9. The Kier molecular flexibility index (Phi) is 14.3. The molecule has 44 heavy (non-hydrogen) atoms. The molecule has 0 radical (unpaired) electrons. The molecule has 3 rings (SSSR count). The molecule has 9 atom stereocenters. The van der Waals surface area contributed by atoms with E-state index in [-0.39, 0.29) is 37.9 Å². The van der Waals surface area contributed by atoms with Crippen molar-refractivity contribution in [1.29, 1.82) is 0 Å². The molecule has 8 heteroatoms. The highest BCUT2D eigenvalue weighted by Crippen LogP contribution is 2.41. The fourth-order valence-corrected chi connectivity index (χ4v) is 5.92. The van der Waals surface area contributed by atoms with E-state index >= 15 is 0 Å². The number of carbonyl (C=O) groups is 2. The zero-order valence-electron chi connectivity index (χ0n) is 27.0. The molecule has 2 N–H and O–H groups in total. The molecule has 0 aromatic carbocycles. The number of esters is 2. The van der Waals surface area contributed by atoms with Gasteiger partial charge in [0.1, 0.15) is 6.10 Å². The van der Waals surface area contributed by atoms with Crippen LogP contribution >= 0.6 is 0 Å². The first kappa shape index (κ1) is 35.7. The molecular weight excluding hydrogens is 560 g/mol. The van der Waals surface area contributed by atoms with Gasteiger partial charge in [-0.1, -0.05) is 87.1 Å². The summed E-state index contributed by atoms with van der Waals surface area (Å²) in [5, 5.41) is 20.5. The van der Waals surface area contributed by atoms with Crippen LogP contribution in [0.15, 0.2) is 72.4 Å². The molecule has 8 nitrogen and oxygen atoms in total. The van der Waals surface area contributed by atoms with Gasteiger partial charge in [0, 0.05) is 18.9 Å². The normalized spacial score (nSPS) is 38.4. The number of ether oxygens (including phenoxy) is 4. The van der Waals surface area contributed by atoms with Crippen molar-refractivity contribution in [2.75, 3.05) is 13.2 Å². The molecule has 4 bridgehead atoms. The predicted molar refractivity (Wildman–Crippen MR) is 171 cm³/mol. The summed E-state index contributed by atoms with van der Waals surface area (Å²) < 4.78 is 23.7. The highest BCUT2D eigenvalue weighted by atomic mass is 16.6. The van der Waals surface area contributed by atoms with Gasteiger partial charge in [-0.05, 0) is 51.4 Å². The second-order valence-corrected chi connectivity index (χ2v) is 12.5. The topological polar surface area (TPSA) is 112 Å². The SMILES string of the molecule is CCOC(=O)C(O)C/C=C\C[C@@H]1O[C@@H]2/C=C/C/C=C/C(C)=C\[C@H]3O[C@@H](C/C=C/C=C/C(=O)O[C@H](C2)[C@@]1(C)CO)C[C@H](C)[C@H]3C. The third-order valence-corrected chi connectivity index (χ3v) is 9.00. The number of allylic oxidation sites excluding steroid dienone is 6. The van der Waals surface area contributed by atoms with Gasteiger partial charge in [-0.2, -0.15) is 0 Å². The number of aliphatic hydroxyl groups is 2. The van der Waals surface area contributed by atoms with E-state index in [1.54, 1.807) is 19.1 Å². The van der Waals surface area contributed by atoms with Gasteiger partial charge < -0.3 is 29.2 Å². The van der Waals surface area contributed by atoms with Crippen molar-refractivity contribution in [3.63, 3.8) is 0 Å². The van der Waals surface area contributed by atoms with Crippen molar-refractivity contribution in [2.24, 2.45) is 17.3 Å². The molecule has 2 fully saturated rings. The Morgan fingerprint density at radius 1 is 1.14 bits per heavy atom. The van der Waals surface area contributed by atoms with Crippen LogP contribution in [0.3, 0.4) is 0 Å². The fraction of sp³-hybridized carbons (Fsp3) is 0.611. The Morgan fingerprint density at radius 3 is 2.68 bits per heavy atom. The van der Waals surface area contributed by atoms with Crippen LogP contribution in [-0.2, 0) is 28.5 Å².